The van der Waals surface area contributed by atoms with Crippen molar-refractivity contribution in [3.05, 3.63) is 29.8 Å². The lowest BCUT2D eigenvalue weighted by Crippen LogP contribution is -2.47. The SMILES string of the molecule is CCN(CC)c1ccc([C@H](C2CCOCC2)N2CCNCC2)cc1.Cl.Cl. The lowest BCUT2D eigenvalue weighted by molar-refractivity contribution is 0.0213. The van der Waals surface area contributed by atoms with Crippen molar-refractivity contribution in [3.63, 3.8) is 0 Å². The lowest BCUT2D eigenvalue weighted by Gasteiger charge is -2.41. The van der Waals surface area contributed by atoms with Crippen LogP contribution in [0.3, 0.4) is 0 Å². The summed E-state index contributed by atoms with van der Waals surface area (Å²) in [7, 11) is 0. The van der Waals surface area contributed by atoms with Crippen LogP contribution in [0.4, 0.5) is 5.69 Å². The van der Waals surface area contributed by atoms with Crippen LogP contribution in [-0.2, 0) is 4.74 Å². The van der Waals surface area contributed by atoms with Crippen LogP contribution >= 0.6 is 24.8 Å². The Hall–Kier alpha value is -0.520. The highest BCUT2D eigenvalue weighted by Crippen LogP contribution is 2.36. The predicted molar refractivity (Wildman–Crippen MR) is 115 cm³/mol. The molecule has 0 bridgehead atoms. The van der Waals surface area contributed by atoms with E-state index < -0.39 is 0 Å². The summed E-state index contributed by atoms with van der Waals surface area (Å²) in [6.07, 6.45) is 2.37. The minimum absolute atomic E-state index is 0. The van der Waals surface area contributed by atoms with Gasteiger partial charge in [0, 0.05) is 64.2 Å². The van der Waals surface area contributed by atoms with Crippen LogP contribution in [0.1, 0.15) is 38.3 Å². The van der Waals surface area contributed by atoms with Gasteiger partial charge in [-0.1, -0.05) is 12.1 Å². The summed E-state index contributed by atoms with van der Waals surface area (Å²) in [5.74, 6) is 0.719. The number of hydrogen-bond acceptors (Lipinski definition) is 4. The fourth-order valence-electron chi connectivity index (χ4n) is 4.24. The van der Waals surface area contributed by atoms with Crippen molar-refractivity contribution in [2.24, 2.45) is 5.92 Å². The second kappa shape index (κ2) is 12.0. The van der Waals surface area contributed by atoms with Gasteiger partial charge in [0.1, 0.15) is 0 Å². The van der Waals surface area contributed by atoms with E-state index >= 15 is 0 Å². The normalized spacial score (nSPS) is 19.9. The smallest absolute Gasteiger partial charge is 0.0469 e. The molecular weight excluding hydrogens is 369 g/mol. The highest BCUT2D eigenvalue weighted by molar-refractivity contribution is 5.85. The summed E-state index contributed by atoms with van der Waals surface area (Å²) in [6.45, 7) is 12.9. The molecule has 2 aliphatic heterocycles. The number of anilines is 1. The fourth-order valence-corrected chi connectivity index (χ4v) is 4.24. The van der Waals surface area contributed by atoms with Gasteiger partial charge in [-0.25, -0.2) is 0 Å². The van der Waals surface area contributed by atoms with Crippen molar-refractivity contribution >= 4 is 30.5 Å². The van der Waals surface area contributed by atoms with Gasteiger partial charge in [0.05, 0.1) is 0 Å². The third-order valence-corrected chi connectivity index (χ3v) is 5.62. The van der Waals surface area contributed by atoms with Crippen molar-refractivity contribution in [2.75, 3.05) is 57.4 Å². The van der Waals surface area contributed by atoms with Crippen molar-refractivity contribution in [3.8, 4) is 0 Å². The van der Waals surface area contributed by atoms with Crippen LogP contribution < -0.4 is 10.2 Å². The van der Waals surface area contributed by atoms with Crippen molar-refractivity contribution in [1.29, 1.82) is 0 Å². The Kier molecular flexibility index (Phi) is 10.9. The second-order valence-corrected chi connectivity index (χ2v) is 6.94. The molecule has 0 unspecified atom stereocenters. The second-order valence-electron chi connectivity index (χ2n) is 6.94. The number of piperazine rings is 1. The Morgan fingerprint density at radius 3 is 2.15 bits per heavy atom. The molecule has 0 radical (unpaired) electrons. The minimum atomic E-state index is 0. The van der Waals surface area contributed by atoms with E-state index in [1.54, 1.807) is 0 Å². The molecule has 3 rings (SSSR count). The van der Waals surface area contributed by atoms with Crippen molar-refractivity contribution < 1.29 is 4.74 Å². The van der Waals surface area contributed by atoms with Gasteiger partial charge >= 0.3 is 0 Å². The van der Waals surface area contributed by atoms with E-state index in [1.807, 2.05) is 0 Å². The lowest BCUT2D eigenvalue weighted by atomic mass is 9.85. The molecule has 0 aliphatic carbocycles. The van der Waals surface area contributed by atoms with Gasteiger partial charge in [-0.05, 0) is 50.3 Å². The topological polar surface area (TPSA) is 27.7 Å². The quantitative estimate of drug-likeness (QED) is 0.782. The van der Waals surface area contributed by atoms with Crippen LogP contribution in [0.15, 0.2) is 24.3 Å². The van der Waals surface area contributed by atoms with Crippen LogP contribution in [0.2, 0.25) is 0 Å². The number of hydrogen-bond donors (Lipinski definition) is 1. The van der Waals surface area contributed by atoms with Gasteiger partial charge < -0.3 is 15.0 Å². The van der Waals surface area contributed by atoms with Gasteiger partial charge in [-0.15, -0.1) is 24.8 Å². The maximum Gasteiger partial charge on any atom is 0.0469 e. The van der Waals surface area contributed by atoms with Gasteiger partial charge in [-0.3, -0.25) is 4.90 Å². The number of benzene rings is 1. The van der Waals surface area contributed by atoms with Gasteiger partial charge in [-0.2, -0.15) is 0 Å². The van der Waals surface area contributed by atoms with E-state index in [4.69, 9.17) is 4.74 Å². The number of halogens is 2. The zero-order valence-corrected chi connectivity index (χ0v) is 17.8. The van der Waals surface area contributed by atoms with Crippen LogP contribution in [0.5, 0.6) is 0 Å². The molecule has 2 fully saturated rings. The molecule has 0 spiro atoms. The molecule has 0 saturated carbocycles. The van der Waals surface area contributed by atoms with Crippen LogP contribution in [-0.4, -0.2) is 57.4 Å². The molecule has 2 heterocycles. The van der Waals surface area contributed by atoms with Gasteiger partial charge in [0.15, 0.2) is 0 Å². The average molecular weight is 404 g/mol. The van der Waals surface area contributed by atoms with Gasteiger partial charge in [0.2, 0.25) is 0 Å². The Morgan fingerprint density at radius 1 is 1.04 bits per heavy atom. The molecule has 1 N–H and O–H groups in total. The van der Waals surface area contributed by atoms with E-state index in [2.05, 4.69) is 53.2 Å². The highest BCUT2D eigenvalue weighted by atomic mass is 35.5. The Labute approximate surface area is 171 Å². The molecule has 1 aromatic rings. The average Bonchev–Trinajstić information content (AvgIpc) is 2.66. The summed E-state index contributed by atoms with van der Waals surface area (Å²) in [4.78, 5) is 5.11. The third-order valence-electron chi connectivity index (χ3n) is 5.62. The molecule has 1 aromatic carbocycles. The molecule has 6 heteroatoms. The number of nitrogens with zero attached hydrogens (tertiary/aromatic N) is 2. The highest BCUT2D eigenvalue weighted by Gasteiger charge is 2.31. The number of ether oxygens (including phenoxy) is 1. The van der Waals surface area contributed by atoms with E-state index in [9.17, 15) is 0 Å². The molecule has 0 aromatic heterocycles. The Morgan fingerprint density at radius 2 is 1.62 bits per heavy atom. The zero-order valence-electron chi connectivity index (χ0n) is 16.2. The van der Waals surface area contributed by atoms with Crippen molar-refractivity contribution in [2.45, 2.75) is 32.7 Å². The van der Waals surface area contributed by atoms with E-state index in [1.165, 1.54) is 24.1 Å². The van der Waals surface area contributed by atoms with E-state index in [0.29, 0.717) is 6.04 Å². The summed E-state index contributed by atoms with van der Waals surface area (Å²) in [6, 6.07) is 9.92. The summed E-state index contributed by atoms with van der Waals surface area (Å²) < 4.78 is 5.62. The fraction of sp³-hybridized carbons (Fsp3) is 0.700. The third kappa shape index (κ3) is 5.74. The molecule has 4 nitrogen and oxygen atoms in total. The molecule has 2 saturated heterocycles. The minimum Gasteiger partial charge on any atom is -0.381 e. The molecule has 150 valence electrons. The summed E-state index contributed by atoms with van der Waals surface area (Å²) in [5.41, 5.74) is 2.83. The van der Waals surface area contributed by atoms with Gasteiger partial charge in [0.25, 0.3) is 0 Å². The monoisotopic (exact) mass is 403 g/mol. The number of rotatable bonds is 6. The summed E-state index contributed by atoms with van der Waals surface area (Å²) in [5, 5.41) is 3.49. The molecule has 2 aliphatic rings. The molecule has 26 heavy (non-hydrogen) atoms. The van der Waals surface area contributed by atoms with E-state index in [0.717, 1.165) is 58.4 Å². The van der Waals surface area contributed by atoms with Crippen molar-refractivity contribution in [1.82, 2.24) is 10.2 Å². The summed E-state index contributed by atoms with van der Waals surface area (Å²) >= 11 is 0. The first-order valence-corrected chi connectivity index (χ1v) is 9.71. The Balaban J connectivity index is 0.00000169. The van der Waals surface area contributed by atoms with E-state index in [-0.39, 0.29) is 24.8 Å². The zero-order chi connectivity index (χ0) is 16.8. The van der Waals surface area contributed by atoms with Crippen LogP contribution in [0.25, 0.3) is 0 Å². The predicted octanol–water partition coefficient (Wildman–Crippen LogP) is 3.75. The maximum atomic E-state index is 5.62. The first kappa shape index (κ1) is 23.5. The number of nitrogens with one attached hydrogen (secondary N) is 1. The molecule has 1 atom stereocenters. The molecule has 0 amide bonds. The standard InChI is InChI=1S/C20H33N3O.2ClH/c1-3-22(4-2)19-7-5-17(6-8-19)20(18-9-15-24-16-10-18)23-13-11-21-12-14-23;;/h5-8,18,20-21H,3-4,9-16H2,1-2H3;2*1H/t20-;;/m1../s1. The largest absolute Gasteiger partial charge is 0.381 e. The maximum absolute atomic E-state index is 5.62. The Bertz CT molecular complexity index is 466. The molecular formula is C20H35Cl2N3O. The van der Waals surface area contributed by atoms with Crippen LogP contribution in [0, 0.1) is 5.92 Å². The first-order chi connectivity index (χ1) is 11.8. The first-order valence-electron chi connectivity index (χ1n) is 9.71.